The fraction of sp³-hybridized carbons (Fsp3) is 0.429. The van der Waals surface area contributed by atoms with Crippen molar-refractivity contribution in [3.05, 3.63) is 29.6 Å². The summed E-state index contributed by atoms with van der Waals surface area (Å²) >= 11 is 0. The van der Waals surface area contributed by atoms with E-state index in [2.05, 4.69) is 10.1 Å². The van der Waals surface area contributed by atoms with Crippen LogP contribution in [0.25, 0.3) is 11.5 Å². The Balaban J connectivity index is 2.33. The summed E-state index contributed by atoms with van der Waals surface area (Å²) in [6, 6.07) is 5.25. The molecule has 0 atom stereocenters. The van der Waals surface area contributed by atoms with Crippen LogP contribution in [0.3, 0.4) is 0 Å². The second-order valence-electron chi connectivity index (χ2n) is 4.87. The van der Waals surface area contributed by atoms with Gasteiger partial charge in [-0.3, -0.25) is 0 Å². The first-order valence-corrected chi connectivity index (χ1v) is 6.22. The van der Waals surface area contributed by atoms with Gasteiger partial charge in [-0.2, -0.15) is 4.98 Å². The number of aryl methyl sites for hydroxylation is 1. The van der Waals surface area contributed by atoms with E-state index in [1.165, 1.54) is 0 Å². The number of hydrogen-bond donors (Lipinski definition) is 1. The topological polar surface area (TPSA) is 68.4 Å². The van der Waals surface area contributed by atoms with Crippen molar-refractivity contribution in [1.29, 1.82) is 0 Å². The molecule has 0 aliphatic carbocycles. The van der Waals surface area contributed by atoms with Crippen molar-refractivity contribution in [2.45, 2.75) is 33.3 Å². The molecule has 0 aliphatic heterocycles. The average molecular weight is 262 g/mol. The Morgan fingerprint density at radius 2 is 2.11 bits per heavy atom. The average Bonchev–Trinajstić information content (AvgIpc) is 2.83. The summed E-state index contributed by atoms with van der Waals surface area (Å²) in [4.78, 5) is 4.33. The lowest BCUT2D eigenvalue weighted by atomic mass is 10.1. The zero-order valence-electron chi connectivity index (χ0n) is 11.6. The first-order chi connectivity index (χ1) is 8.94. The van der Waals surface area contributed by atoms with Crippen LogP contribution >= 0.6 is 0 Å². The molecule has 0 fully saturated rings. The van der Waals surface area contributed by atoms with Gasteiger partial charge in [-0.15, -0.1) is 0 Å². The summed E-state index contributed by atoms with van der Waals surface area (Å²) < 4.78 is 10.8. The fourth-order valence-electron chi connectivity index (χ4n) is 1.75. The lowest BCUT2D eigenvalue weighted by molar-refractivity contribution is -0.0221. The number of ether oxygens (including phenoxy) is 1. The van der Waals surface area contributed by atoms with E-state index in [0.29, 0.717) is 23.9 Å². The van der Waals surface area contributed by atoms with E-state index < -0.39 is 5.60 Å². The first kappa shape index (κ1) is 13.5. The zero-order chi connectivity index (χ0) is 14.0. The summed E-state index contributed by atoms with van der Waals surface area (Å²) in [7, 11) is 0. The van der Waals surface area contributed by atoms with E-state index in [-0.39, 0.29) is 5.75 Å². The summed E-state index contributed by atoms with van der Waals surface area (Å²) in [6.45, 7) is 8.09. The third kappa shape index (κ3) is 2.76. The summed E-state index contributed by atoms with van der Waals surface area (Å²) in [5, 5.41) is 13.6. The second-order valence-corrected chi connectivity index (χ2v) is 4.87. The van der Waals surface area contributed by atoms with Gasteiger partial charge in [0.2, 0.25) is 5.82 Å². The second kappa shape index (κ2) is 5.01. The van der Waals surface area contributed by atoms with Crippen molar-refractivity contribution in [3.8, 4) is 17.2 Å². The Morgan fingerprint density at radius 3 is 2.74 bits per heavy atom. The van der Waals surface area contributed by atoms with Gasteiger partial charge in [0, 0.05) is 12.2 Å². The summed E-state index contributed by atoms with van der Waals surface area (Å²) in [5.74, 6) is 1.07. The van der Waals surface area contributed by atoms with Crippen molar-refractivity contribution in [2.24, 2.45) is 0 Å². The Kier molecular flexibility index (Phi) is 3.57. The van der Waals surface area contributed by atoms with Crippen molar-refractivity contribution >= 4 is 0 Å². The number of aromatic hydroxyl groups is 1. The van der Waals surface area contributed by atoms with E-state index >= 15 is 0 Å². The van der Waals surface area contributed by atoms with Crippen molar-refractivity contribution in [1.82, 2.24) is 10.1 Å². The highest BCUT2D eigenvalue weighted by molar-refractivity contribution is 5.57. The van der Waals surface area contributed by atoms with Crippen molar-refractivity contribution < 1.29 is 14.4 Å². The SMILES string of the molecule is CCOC(C)(C)c1noc(-c2ccc(C)c(O)c2)n1. The predicted octanol–water partition coefficient (Wildman–Crippen LogP) is 3.02. The van der Waals surface area contributed by atoms with Crippen LogP contribution < -0.4 is 0 Å². The molecule has 2 aromatic rings. The number of phenols is 1. The maximum atomic E-state index is 9.70. The van der Waals surface area contributed by atoms with Gasteiger partial charge in [-0.25, -0.2) is 0 Å². The maximum absolute atomic E-state index is 9.70. The molecule has 1 heterocycles. The molecule has 1 aromatic heterocycles. The Hall–Kier alpha value is -1.88. The molecule has 1 aromatic carbocycles. The molecule has 2 rings (SSSR count). The summed E-state index contributed by atoms with van der Waals surface area (Å²) in [5.41, 5.74) is 0.899. The number of phenolic OH excluding ortho intramolecular Hbond substituents is 1. The molecule has 0 unspecified atom stereocenters. The van der Waals surface area contributed by atoms with Gasteiger partial charge in [0.05, 0.1) is 0 Å². The molecular weight excluding hydrogens is 244 g/mol. The first-order valence-electron chi connectivity index (χ1n) is 6.22. The van der Waals surface area contributed by atoms with Gasteiger partial charge in [0.25, 0.3) is 5.89 Å². The summed E-state index contributed by atoms with van der Waals surface area (Å²) in [6.07, 6.45) is 0. The predicted molar refractivity (Wildman–Crippen MR) is 70.8 cm³/mol. The minimum atomic E-state index is -0.594. The van der Waals surface area contributed by atoms with E-state index in [0.717, 1.165) is 5.56 Å². The maximum Gasteiger partial charge on any atom is 0.258 e. The van der Waals surface area contributed by atoms with Crippen LogP contribution in [0.5, 0.6) is 5.75 Å². The number of nitrogens with zero attached hydrogens (tertiary/aromatic N) is 2. The highest BCUT2D eigenvalue weighted by Crippen LogP contribution is 2.28. The Morgan fingerprint density at radius 1 is 1.37 bits per heavy atom. The van der Waals surface area contributed by atoms with Crippen LogP contribution in [0.2, 0.25) is 0 Å². The van der Waals surface area contributed by atoms with Crippen LogP contribution in [0.15, 0.2) is 22.7 Å². The zero-order valence-corrected chi connectivity index (χ0v) is 11.6. The fourth-order valence-corrected chi connectivity index (χ4v) is 1.75. The van der Waals surface area contributed by atoms with E-state index in [1.54, 1.807) is 6.07 Å². The largest absolute Gasteiger partial charge is 0.508 e. The van der Waals surface area contributed by atoms with E-state index in [1.807, 2.05) is 39.8 Å². The van der Waals surface area contributed by atoms with Gasteiger partial charge in [0.15, 0.2) is 0 Å². The van der Waals surface area contributed by atoms with Gasteiger partial charge < -0.3 is 14.4 Å². The number of hydrogen-bond acceptors (Lipinski definition) is 5. The Bertz CT molecular complexity index is 576. The molecule has 0 radical (unpaired) electrons. The van der Waals surface area contributed by atoms with Crippen LogP contribution in [0.1, 0.15) is 32.2 Å². The minimum absolute atomic E-state index is 0.210. The van der Waals surface area contributed by atoms with Crippen LogP contribution in [-0.2, 0) is 10.3 Å². The molecule has 0 bridgehead atoms. The lowest BCUT2D eigenvalue weighted by Gasteiger charge is -2.19. The molecule has 5 nitrogen and oxygen atoms in total. The molecule has 5 heteroatoms. The van der Waals surface area contributed by atoms with Gasteiger partial charge >= 0.3 is 0 Å². The quantitative estimate of drug-likeness (QED) is 0.917. The molecule has 0 saturated heterocycles. The molecular formula is C14H18N2O3. The molecule has 0 aliphatic rings. The van der Waals surface area contributed by atoms with Gasteiger partial charge in [-0.05, 0) is 45.4 Å². The van der Waals surface area contributed by atoms with Crippen molar-refractivity contribution in [3.63, 3.8) is 0 Å². The number of rotatable bonds is 4. The van der Waals surface area contributed by atoms with Crippen LogP contribution in [0, 0.1) is 6.92 Å². The molecule has 0 amide bonds. The monoisotopic (exact) mass is 262 g/mol. The minimum Gasteiger partial charge on any atom is -0.508 e. The molecule has 0 spiro atoms. The number of benzene rings is 1. The Labute approximate surface area is 112 Å². The smallest absolute Gasteiger partial charge is 0.258 e. The molecule has 19 heavy (non-hydrogen) atoms. The normalized spacial score (nSPS) is 11.8. The van der Waals surface area contributed by atoms with E-state index in [4.69, 9.17) is 9.26 Å². The highest BCUT2D eigenvalue weighted by Gasteiger charge is 2.27. The third-order valence-corrected chi connectivity index (χ3v) is 2.93. The molecule has 0 saturated carbocycles. The third-order valence-electron chi connectivity index (χ3n) is 2.93. The van der Waals surface area contributed by atoms with Crippen LogP contribution in [0.4, 0.5) is 0 Å². The highest BCUT2D eigenvalue weighted by atomic mass is 16.5. The van der Waals surface area contributed by atoms with Gasteiger partial charge in [0.1, 0.15) is 11.4 Å². The van der Waals surface area contributed by atoms with Gasteiger partial charge in [-0.1, -0.05) is 11.2 Å². The van der Waals surface area contributed by atoms with E-state index in [9.17, 15) is 5.11 Å². The van der Waals surface area contributed by atoms with Crippen LogP contribution in [-0.4, -0.2) is 21.9 Å². The van der Waals surface area contributed by atoms with Crippen molar-refractivity contribution in [2.75, 3.05) is 6.61 Å². The number of aromatic nitrogens is 2. The lowest BCUT2D eigenvalue weighted by Crippen LogP contribution is -2.23. The molecule has 1 N–H and O–H groups in total. The standard InChI is InChI=1S/C14H18N2O3/c1-5-18-14(3,4)13-15-12(19-16-13)10-7-6-9(2)11(17)8-10/h6-8,17H,5H2,1-4H3. The molecule has 102 valence electrons.